The molecule has 1 heterocycles. The van der Waals surface area contributed by atoms with E-state index in [4.69, 9.17) is 0 Å². The molecule has 1 saturated heterocycles. The molecule has 1 atom stereocenters. The van der Waals surface area contributed by atoms with Gasteiger partial charge in [0.15, 0.2) is 0 Å². The number of halogens is 3. The van der Waals surface area contributed by atoms with E-state index in [1.54, 1.807) is 0 Å². The molecule has 4 rings (SSSR count). The SMILES string of the molecule is CN1CCN(c2cccc3c2C[C@H](NC(=O)c2ccc(C(=O)C(F)(F)F)cc2)CC3)CC1. The van der Waals surface area contributed by atoms with E-state index in [-0.39, 0.29) is 17.5 Å². The second-order valence-corrected chi connectivity index (χ2v) is 8.52. The van der Waals surface area contributed by atoms with E-state index in [9.17, 15) is 22.8 Å². The van der Waals surface area contributed by atoms with Gasteiger partial charge in [-0.2, -0.15) is 13.2 Å². The molecule has 0 saturated carbocycles. The van der Waals surface area contributed by atoms with Gasteiger partial charge in [-0.25, -0.2) is 0 Å². The Hall–Kier alpha value is -2.87. The Labute approximate surface area is 185 Å². The molecule has 0 bridgehead atoms. The quantitative estimate of drug-likeness (QED) is 0.733. The Morgan fingerprint density at radius 1 is 0.969 bits per heavy atom. The normalized spacial score (nSPS) is 19.4. The van der Waals surface area contributed by atoms with Gasteiger partial charge in [-0.05, 0) is 55.6 Å². The van der Waals surface area contributed by atoms with E-state index in [0.717, 1.165) is 51.2 Å². The van der Waals surface area contributed by atoms with Crippen molar-refractivity contribution < 1.29 is 22.8 Å². The molecule has 0 unspecified atom stereocenters. The van der Waals surface area contributed by atoms with Crippen molar-refractivity contribution in [2.75, 3.05) is 38.1 Å². The second-order valence-electron chi connectivity index (χ2n) is 8.52. The van der Waals surface area contributed by atoms with Crippen molar-refractivity contribution in [2.24, 2.45) is 0 Å². The van der Waals surface area contributed by atoms with Crippen molar-refractivity contribution in [3.8, 4) is 0 Å². The number of carbonyl (C=O) groups is 2. The minimum atomic E-state index is -4.93. The number of piperazine rings is 1. The van der Waals surface area contributed by atoms with Crippen LogP contribution in [-0.4, -0.2) is 62.0 Å². The molecule has 170 valence electrons. The van der Waals surface area contributed by atoms with Crippen LogP contribution in [0.4, 0.5) is 18.9 Å². The molecular weight excluding hydrogens is 419 g/mol. The van der Waals surface area contributed by atoms with Gasteiger partial charge in [0.2, 0.25) is 0 Å². The number of hydrogen-bond acceptors (Lipinski definition) is 4. The fourth-order valence-corrected chi connectivity index (χ4v) is 4.44. The second kappa shape index (κ2) is 8.94. The predicted octanol–water partition coefficient (Wildman–Crippen LogP) is 3.47. The van der Waals surface area contributed by atoms with Crippen LogP contribution in [0.25, 0.3) is 0 Å². The number of rotatable bonds is 4. The number of nitrogens with zero attached hydrogens (tertiary/aromatic N) is 2. The van der Waals surface area contributed by atoms with Crippen LogP contribution in [0.1, 0.15) is 38.3 Å². The summed E-state index contributed by atoms with van der Waals surface area (Å²) in [6, 6.07) is 10.9. The number of benzene rings is 2. The molecule has 8 heteroatoms. The molecule has 2 aromatic carbocycles. The first kappa shape index (κ1) is 22.3. The van der Waals surface area contributed by atoms with E-state index in [0.29, 0.717) is 6.42 Å². The van der Waals surface area contributed by atoms with Crippen LogP contribution < -0.4 is 10.2 Å². The van der Waals surface area contributed by atoms with Crippen molar-refractivity contribution in [2.45, 2.75) is 31.5 Å². The number of likely N-dealkylation sites (N-methyl/N-ethyl adjacent to an activating group) is 1. The predicted molar refractivity (Wildman–Crippen MR) is 116 cm³/mol. The summed E-state index contributed by atoms with van der Waals surface area (Å²) in [6.45, 7) is 3.95. The Morgan fingerprint density at radius 3 is 2.28 bits per heavy atom. The Bertz CT molecular complexity index is 997. The monoisotopic (exact) mass is 445 g/mol. The molecule has 0 spiro atoms. The molecule has 1 aliphatic carbocycles. The third-order valence-corrected chi connectivity index (χ3v) is 6.31. The molecule has 2 aromatic rings. The minimum absolute atomic E-state index is 0.0555. The first-order valence-corrected chi connectivity index (χ1v) is 10.8. The number of Topliss-reactive ketones (excluding diaryl/α,β-unsaturated/α-hetero) is 1. The smallest absolute Gasteiger partial charge is 0.369 e. The largest absolute Gasteiger partial charge is 0.454 e. The Morgan fingerprint density at radius 2 is 1.62 bits per heavy atom. The fourth-order valence-electron chi connectivity index (χ4n) is 4.44. The zero-order valence-corrected chi connectivity index (χ0v) is 17.9. The number of amides is 1. The van der Waals surface area contributed by atoms with E-state index >= 15 is 0 Å². The molecule has 0 aromatic heterocycles. The lowest BCUT2D eigenvalue weighted by atomic mass is 9.86. The van der Waals surface area contributed by atoms with Gasteiger partial charge in [-0.1, -0.05) is 24.3 Å². The Kier molecular flexibility index (Phi) is 6.24. The molecule has 1 fully saturated rings. The van der Waals surface area contributed by atoms with Crippen molar-refractivity contribution in [1.82, 2.24) is 10.2 Å². The summed E-state index contributed by atoms with van der Waals surface area (Å²) >= 11 is 0. The maximum atomic E-state index is 12.7. The van der Waals surface area contributed by atoms with Crippen molar-refractivity contribution in [1.29, 1.82) is 0 Å². The van der Waals surface area contributed by atoms with E-state index in [1.165, 1.54) is 28.9 Å². The summed E-state index contributed by atoms with van der Waals surface area (Å²) in [5, 5.41) is 3.02. The summed E-state index contributed by atoms with van der Waals surface area (Å²) < 4.78 is 37.7. The molecule has 0 radical (unpaired) electrons. The number of anilines is 1. The first-order valence-electron chi connectivity index (χ1n) is 10.8. The van der Waals surface area contributed by atoms with E-state index < -0.39 is 17.5 Å². The van der Waals surface area contributed by atoms with Crippen molar-refractivity contribution >= 4 is 17.4 Å². The topological polar surface area (TPSA) is 52.6 Å². The lowest BCUT2D eigenvalue weighted by molar-refractivity contribution is -0.0885. The zero-order chi connectivity index (χ0) is 22.9. The van der Waals surface area contributed by atoms with Crippen LogP contribution in [0.2, 0.25) is 0 Å². The van der Waals surface area contributed by atoms with Gasteiger partial charge in [0.1, 0.15) is 0 Å². The van der Waals surface area contributed by atoms with Gasteiger partial charge >= 0.3 is 6.18 Å². The van der Waals surface area contributed by atoms with Gasteiger partial charge in [0.25, 0.3) is 11.7 Å². The first-order chi connectivity index (χ1) is 15.2. The van der Waals surface area contributed by atoms with Crippen molar-refractivity contribution in [3.05, 3.63) is 64.7 Å². The van der Waals surface area contributed by atoms with Crippen LogP contribution in [-0.2, 0) is 12.8 Å². The number of fused-ring (bicyclic) bond motifs is 1. The van der Waals surface area contributed by atoms with Gasteiger partial charge in [0, 0.05) is 49.0 Å². The van der Waals surface area contributed by atoms with Gasteiger partial charge in [-0.15, -0.1) is 0 Å². The van der Waals surface area contributed by atoms with Crippen LogP contribution in [0.5, 0.6) is 0 Å². The third-order valence-electron chi connectivity index (χ3n) is 6.31. The highest BCUT2D eigenvalue weighted by Crippen LogP contribution is 2.31. The van der Waals surface area contributed by atoms with E-state index in [2.05, 4.69) is 40.4 Å². The highest BCUT2D eigenvalue weighted by atomic mass is 19.4. The summed E-state index contributed by atoms with van der Waals surface area (Å²) in [5.74, 6) is -2.26. The standard InChI is InChI=1S/C24H26F3N3O2/c1-29-11-13-30(14-12-29)21-4-2-3-16-9-10-19(15-20(16)21)28-23(32)18-7-5-17(6-8-18)22(31)24(25,26)27/h2-8,19H,9-15H2,1H3,(H,28,32)/t19-/m1/s1. The Balaban J connectivity index is 1.44. The molecule has 5 nitrogen and oxygen atoms in total. The molecule has 1 aliphatic heterocycles. The molecule has 32 heavy (non-hydrogen) atoms. The summed E-state index contributed by atoms with van der Waals surface area (Å²) in [7, 11) is 2.12. The lowest BCUT2D eigenvalue weighted by Gasteiger charge is -2.37. The minimum Gasteiger partial charge on any atom is -0.369 e. The average Bonchev–Trinajstić information content (AvgIpc) is 2.78. The summed E-state index contributed by atoms with van der Waals surface area (Å²) in [5.41, 5.74) is 3.56. The zero-order valence-electron chi connectivity index (χ0n) is 17.9. The third kappa shape index (κ3) is 4.80. The van der Waals surface area contributed by atoms with Gasteiger partial charge in [-0.3, -0.25) is 9.59 Å². The summed E-state index contributed by atoms with van der Waals surface area (Å²) in [6.07, 6.45) is -2.55. The van der Waals surface area contributed by atoms with Crippen LogP contribution >= 0.6 is 0 Å². The highest BCUT2D eigenvalue weighted by Gasteiger charge is 2.39. The van der Waals surface area contributed by atoms with Gasteiger partial charge < -0.3 is 15.1 Å². The van der Waals surface area contributed by atoms with E-state index in [1.807, 2.05) is 0 Å². The number of carbonyl (C=O) groups excluding carboxylic acids is 2. The number of aryl methyl sites for hydroxylation is 1. The molecular formula is C24H26F3N3O2. The lowest BCUT2D eigenvalue weighted by Crippen LogP contribution is -2.45. The number of ketones is 1. The summed E-state index contributed by atoms with van der Waals surface area (Å²) in [4.78, 5) is 28.7. The maximum absolute atomic E-state index is 12.7. The highest BCUT2D eigenvalue weighted by molar-refractivity contribution is 6.01. The number of nitrogens with one attached hydrogen (secondary N) is 1. The molecule has 2 aliphatic rings. The fraction of sp³-hybridized carbons (Fsp3) is 0.417. The van der Waals surface area contributed by atoms with Gasteiger partial charge in [0.05, 0.1) is 0 Å². The molecule has 1 N–H and O–H groups in total. The number of alkyl halides is 3. The molecule has 1 amide bonds. The van der Waals surface area contributed by atoms with Crippen LogP contribution in [0.3, 0.4) is 0 Å². The maximum Gasteiger partial charge on any atom is 0.454 e. The number of hydrogen-bond donors (Lipinski definition) is 1. The van der Waals surface area contributed by atoms with Crippen molar-refractivity contribution in [3.63, 3.8) is 0 Å². The van der Waals surface area contributed by atoms with Crippen LogP contribution in [0.15, 0.2) is 42.5 Å². The average molecular weight is 445 g/mol. The van der Waals surface area contributed by atoms with Crippen LogP contribution in [0, 0.1) is 0 Å².